The van der Waals surface area contributed by atoms with Gasteiger partial charge in [0.2, 0.25) is 0 Å². The van der Waals surface area contributed by atoms with E-state index in [1.165, 1.54) is 7.11 Å². The molecule has 0 fully saturated rings. The molecule has 0 radical (unpaired) electrons. The number of ether oxygens (including phenoxy) is 1. The molecule has 0 aliphatic carbocycles. The highest BCUT2D eigenvalue weighted by Crippen LogP contribution is 2.00. The largest absolute Gasteiger partial charge is 0.464 e. The first kappa shape index (κ1) is 10.9. The molecule has 0 N–H and O–H groups in total. The van der Waals surface area contributed by atoms with E-state index in [-0.39, 0.29) is 11.9 Å². The number of hydrogen-bond acceptors (Lipinski definition) is 4. The minimum Gasteiger partial charge on any atom is -0.464 e. The number of esters is 1. The predicted molar refractivity (Wildman–Crippen MR) is 48.0 cm³/mol. The normalized spacial score (nSPS) is 11.7. The van der Waals surface area contributed by atoms with Gasteiger partial charge < -0.3 is 9.75 Å². The molecular weight excluding hydrogens is 156 g/mol. The van der Waals surface area contributed by atoms with Crippen molar-refractivity contribution in [3.05, 3.63) is 0 Å². The Balaban J connectivity index is 4.55. The monoisotopic (exact) mass is 172 g/mol. The summed E-state index contributed by atoms with van der Waals surface area (Å²) in [5, 5.41) is 5.61. The van der Waals surface area contributed by atoms with Crippen LogP contribution in [0.15, 0.2) is 5.10 Å². The van der Waals surface area contributed by atoms with Gasteiger partial charge in [-0.15, -0.1) is 0 Å². The minimum atomic E-state index is -0.362. The molecule has 0 aromatic carbocycles. The van der Waals surface area contributed by atoms with Crippen LogP contribution >= 0.6 is 0 Å². The van der Waals surface area contributed by atoms with Crippen molar-refractivity contribution < 1.29 is 9.53 Å². The lowest BCUT2D eigenvalue weighted by Gasteiger charge is -2.11. The van der Waals surface area contributed by atoms with Crippen LogP contribution in [-0.4, -0.2) is 37.9 Å². The Morgan fingerprint density at radius 2 is 1.92 bits per heavy atom. The Labute approximate surface area is 73.2 Å². The standard InChI is InChI=1S/C8H16N2O2/c1-6(2)7(8(11)12-5)9-10(3)4/h6H,1-5H3/b9-7-. The third-order valence-corrected chi connectivity index (χ3v) is 1.25. The van der Waals surface area contributed by atoms with Crippen LogP contribution in [0.1, 0.15) is 13.8 Å². The second-order valence-corrected chi connectivity index (χ2v) is 2.98. The lowest BCUT2D eigenvalue weighted by molar-refractivity contribution is -0.133. The molecule has 0 bridgehead atoms. The summed E-state index contributed by atoms with van der Waals surface area (Å²) in [6, 6.07) is 0. The molecule has 0 saturated heterocycles. The predicted octanol–water partition coefficient (Wildman–Crippen LogP) is 0.733. The topological polar surface area (TPSA) is 41.9 Å². The lowest BCUT2D eigenvalue weighted by atomic mass is 10.1. The molecule has 12 heavy (non-hydrogen) atoms. The molecule has 4 heteroatoms. The fourth-order valence-corrected chi connectivity index (χ4v) is 0.712. The van der Waals surface area contributed by atoms with Crippen LogP contribution in [0.3, 0.4) is 0 Å². The van der Waals surface area contributed by atoms with Crippen LogP contribution in [0.4, 0.5) is 0 Å². The van der Waals surface area contributed by atoms with E-state index in [1.807, 2.05) is 13.8 Å². The maximum absolute atomic E-state index is 11.1. The van der Waals surface area contributed by atoms with Crippen molar-refractivity contribution in [2.24, 2.45) is 11.0 Å². The van der Waals surface area contributed by atoms with Crippen LogP contribution in [0.2, 0.25) is 0 Å². The zero-order chi connectivity index (χ0) is 9.72. The van der Waals surface area contributed by atoms with Gasteiger partial charge in [-0.05, 0) is 0 Å². The highest BCUT2D eigenvalue weighted by Gasteiger charge is 2.16. The molecule has 0 heterocycles. The first-order chi connectivity index (χ1) is 5.49. The summed E-state index contributed by atoms with van der Waals surface area (Å²) in [6.07, 6.45) is 0. The fraction of sp³-hybridized carbons (Fsp3) is 0.750. The van der Waals surface area contributed by atoms with Crippen LogP contribution < -0.4 is 0 Å². The van der Waals surface area contributed by atoms with E-state index in [0.717, 1.165) is 0 Å². The number of carbonyl (C=O) groups is 1. The summed E-state index contributed by atoms with van der Waals surface area (Å²) in [7, 11) is 4.90. The summed E-state index contributed by atoms with van der Waals surface area (Å²) < 4.78 is 4.58. The first-order valence-corrected chi connectivity index (χ1v) is 3.83. The van der Waals surface area contributed by atoms with E-state index in [4.69, 9.17) is 0 Å². The molecule has 0 rings (SSSR count). The summed E-state index contributed by atoms with van der Waals surface area (Å²) in [5.41, 5.74) is 0.447. The lowest BCUT2D eigenvalue weighted by Crippen LogP contribution is -2.24. The molecule has 0 aromatic heterocycles. The minimum absolute atomic E-state index is 0.0832. The van der Waals surface area contributed by atoms with Crippen molar-refractivity contribution in [1.82, 2.24) is 5.01 Å². The maximum atomic E-state index is 11.1. The second kappa shape index (κ2) is 4.74. The van der Waals surface area contributed by atoms with E-state index in [0.29, 0.717) is 5.71 Å². The first-order valence-electron chi connectivity index (χ1n) is 3.83. The molecular formula is C8H16N2O2. The molecule has 4 nitrogen and oxygen atoms in total. The van der Waals surface area contributed by atoms with E-state index >= 15 is 0 Å². The van der Waals surface area contributed by atoms with Crippen LogP contribution in [0.25, 0.3) is 0 Å². The Kier molecular flexibility index (Phi) is 4.33. The average molecular weight is 172 g/mol. The smallest absolute Gasteiger partial charge is 0.354 e. The zero-order valence-corrected chi connectivity index (χ0v) is 8.29. The number of nitrogens with zero attached hydrogens (tertiary/aromatic N) is 2. The van der Waals surface area contributed by atoms with E-state index in [1.54, 1.807) is 19.1 Å². The highest BCUT2D eigenvalue weighted by molar-refractivity contribution is 6.37. The van der Waals surface area contributed by atoms with Gasteiger partial charge in [-0.2, -0.15) is 5.10 Å². The van der Waals surface area contributed by atoms with Crippen molar-refractivity contribution >= 4 is 11.7 Å². The van der Waals surface area contributed by atoms with Gasteiger partial charge >= 0.3 is 5.97 Å². The van der Waals surface area contributed by atoms with Gasteiger partial charge in [0.05, 0.1) is 7.11 Å². The number of methoxy groups -OCH3 is 1. The summed E-state index contributed by atoms with van der Waals surface area (Å²) in [6.45, 7) is 3.80. The third kappa shape index (κ3) is 3.37. The highest BCUT2D eigenvalue weighted by atomic mass is 16.5. The Morgan fingerprint density at radius 3 is 2.17 bits per heavy atom. The molecule has 0 spiro atoms. The Morgan fingerprint density at radius 1 is 1.42 bits per heavy atom. The van der Waals surface area contributed by atoms with E-state index in [9.17, 15) is 4.79 Å². The summed E-state index contributed by atoms with van der Waals surface area (Å²) >= 11 is 0. The van der Waals surface area contributed by atoms with Crippen LogP contribution in [0.5, 0.6) is 0 Å². The van der Waals surface area contributed by atoms with Crippen molar-refractivity contribution in [1.29, 1.82) is 0 Å². The molecule has 70 valence electrons. The van der Waals surface area contributed by atoms with Crippen molar-refractivity contribution in [2.75, 3.05) is 21.2 Å². The number of rotatable bonds is 3. The molecule has 0 amide bonds. The Hall–Kier alpha value is -1.06. The van der Waals surface area contributed by atoms with Crippen molar-refractivity contribution in [3.8, 4) is 0 Å². The van der Waals surface area contributed by atoms with Crippen molar-refractivity contribution in [3.63, 3.8) is 0 Å². The molecule has 0 unspecified atom stereocenters. The Bertz CT molecular complexity index is 185. The number of hydrazone groups is 1. The summed E-state index contributed by atoms with van der Waals surface area (Å²) in [5.74, 6) is -0.279. The number of carbonyl (C=O) groups excluding carboxylic acids is 1. The zero-order valence-electron chi connectivity index (χ0n) is 8.29. The average Bonchev–Trinajstić information content (AvgIpc) is 1.98. The van der Waals surface area contributed by atoms with Gasteiger partial charge in [-0.1, -0.05) is 13.8 Å². The third-order valence-electron chi connectivity index (χ3n) is 1.25. The SMILES string of the molecule is COC(=O)/C(=N\N(C)C)C(C)C. The number of hydrogen-bond donors (Lipinski definition) is 0. The van der Waals surface area contributed by atoms with Crippen LogP contribution in [0, 0.1) is 5.92 Å². The summed E-state index contributed by atoms with van der Waals surface area (Å²) in [4.78, 5) is 11.1. The molecule has 0 aliphatic heterocycles. The molecule has 0 saturated carbocycles. The van der Waals surface area contributed by atoms with Gasteiger partial charge in [-0.3, -0.25) is 0 Å². The van der Waals surface area contributed by atoms with Gasteiger partial charge in [0.1, 0.15) is 5.71 Å². The van der Waals surface area contributed by atoms with E-state index < -0.39 is 0 Å². The van der Waals surface area contributed by atoms with Crippen molar-refractivity contribution in [2.45, 2.75) is 13.8 Å². The van der Waals surface area contributed by atoms with Gasteiger partial charge in [0, 0.05) is 20.0 Å². The van der Waals surface area contributed by atoms with Crippen LogP contribution in [-0.2, 0) is 9.53 Å². The second-order valence-electron chi connectivity index (χ2n) is 2.98. The van der Waals surface area contributed by atoms with Gasteiger partial charge in [-0.25, -0.2) is 4.79 Å². The maximum Gasteiger partial charge on any atom is 0.354 e. The molecule has 0 aromatic rings. The molecule has 0 aliphatic rings. The van der Waals surface area contributed by atoms with E-state index in [2.05, 4.69) is 9.84 Å². The van der Waals surface area contributed by atoms with Gasteiger partial charge in [0.25, 0.3) is 0 Å². The quantitative estimate of drug-likeness (QED) is 0.358. The van der Waals surface area contributed by atoms with Gasteiger partial charge in [0.15, 0.2) is 0 Å². The fourth-order valence-electron chi connectivity index (χ4n) is 0.712. The molecule has 0 atom stereocenters.